The van der Waals surface area contributed by atoms with Crippen molar-refractivity contribution in [2.75, 3.05) is 18.4 Å². The molecule has 162 valence electrons. The van der Waals surface area contributed by atoms with E-state index in [4.69, 9.17) is 4.98 Å². The molecular weight excluding hydrogens is 410 g/mol. The number of nitrogens with zero attached hydrogens (tertiary/aromatic N) is 4. The molecule has 1 saturated heterocycles. The minimum atomic E-state index is -3.39. The minimum absolute atomic E-state index is 0.0285. The Labute approximate surface area is 183 Å². The molecule has 1 atom stereocenters. The zero-order valence-electron chi connectivity index (χ0n) is 17.8. The highest BCUT2D eigenvalue weighted by molar-refractivity contribution is 7.88. The highest BCUT2D eigenvalue weighted by atomic mass is 32.2. The van der Waals surface area contributed by atoms with Gasteiger partial charge in [0.25, 0.3) is 0 Å². The highest BCUT2D eigenvalue weighted by Gasteiger charge is 2.30. The third-order valence-corrected chi connectivity index (χ3v) is 7.29. The first kappa shape index (κ1) is 21.4. The lowest BCUT2D eigenvalue weighted by Gasteiger charge is -2.32. The van der Waals surface area contributed by atoms with E-state index in [9.17, 15) is 8.42 Å². The van der Waals surface area contributed by atoms with Gasteiger partial charge in [-0.2, -0.15) is 0 Å². The second kappa shape index (κ2) is 9.11. The molecule has 31 heavy (non-hydrogen) atoms. The lowest BCUT2D eigenvalue weighted by molar-refractivity contribution is 0.312. The summed E-state index contributed by atoms with van der Waals surface area (Å²) < 4.78 is 27.8. The van der Waals surface area contributed by atoms with Gasteiger partial charge in [-0.3, -0.25) is 9.97 Å². The summed E-state index contributed by atoms with van der Waals surface area (Å²) in [5.74, 6) is 0.745. The number of aryl methyl sites for hydroxylation is 2. The molecule has 3 heterocycles. The van der Waals surface area contributed by atoms with Gasteiger partial charge in [-0.1, -0.05) is 29.8 Å². The number of nitrogens with one attached hydrogen (secondary N) is 1. The maximum Gasteiger partial charge on any atom is 0.218 e. The molecule has 0 amide bonds. The van der Waals surface area contributed by atoms with Crippen LogP contribution in [0.2, 0.25) is 0 Å². The van der Waals surface area contributed by atoms with Crippen LogP contribution in [-0.2, 0) is 15.8 Å². The van der Waals surface area contributed by atoms with Crippen molar-refractivity contribution in [1.29, 1.82) is 0 Å². The van der Waals surface area contributed by atoms with Gasteiger partial charge < -0.3 is 5.32 Å². The standard InChI is InChI=1S/C23H27N5O2S/c1-17-5-7-19(8-6-17)16-31(29,30)28-11-3-4-20(15-28)22-13-21(12-18(2)26-22)27-23-14-24-9-10-25-23/h5-10,12-14,20H,3-4,11,15-16H2,1-2H3,(H,25,26,27)/t20-/m1/s1. The maximum absolute atomic E-state index is 13.1. The first-order chi connectivity index (χ1) is 14.9. The Hall–Kier alpha value is -2.84. The predicted octanol–water partition coefficient (Wildman–Crippen LogP) is 3.94. The van der Waals surface area contributed by atoms with E-state index in [1.165, 1.54) is 0 Å². The van der Waals surface area contributed by atoms with Crippen LogP contribution in [0.4, 0.5) is 11.5 Å². The number of pyridine rings is 1. The molecule has 0 radical (unpaired) electrons. The first-order valence-corrected chi connectivity index (χ1v) is 12.0. The van der Waals surface area contributed by atoms with Gasteiger partial charge in [-0.25, -0.2) is 17.7 Å². The number of hydrogen-bond donors (Lipinski definition) is 1. The summed E-state index contributed by atoms with van der Waals surface area (Å²) >= 11 is 0. The van der Waals surface area contributed by atoms with Gasteiger partial charge in [0, 0.05) is 48.5 Å². The van der Waals surface area contributed by atoms with Gasteiger partial charge in [0.1, 0.15) is 5.82 Å². The molecule has 1 aliphatic rings. The molecule has 0 unspecified atom stereocenters. The molecule has 1 aliphatic heterocycles. The lowest BCUT2D eigenvalue weighted by Crippen LogP contribution is -2.40. The van der Waals surface area contributed by atoms with E-state index in [1.54, 1.807) is 22.9 Å². The van der Waals surface area contributed by atoms with Crippen molar-refractivity contribution in [1.82, 2.24) is 19.3 Å². The van der Waals surface area contributed by atoms with Crippen LogP contribution in [0.5, 0.6) is 0 Å². The van der Waals surface area contributed by atoms with E-state index in [0.29, 0.717) is 18.9 Å². The number of piperidine rings is 1. The molecule has 0 spiro atoms. The van der Waals surface area contributed by atoms with E-state index < -0.39 is 10.0 Å². The van der Waals surface area contributed by atoms with Gasteiger partial charge in [-0.15, -0.1) is 0 Å². The fraction of sp³-hybridized carbons (Fsp3) is 0.348. The van der Waals surface area contributed by atoms with Crippen molar-refractivity contribution >= 4 is 21.5 Å². The van der Waals surface area contributed by atoms with Gasteiger partial charge in [0.15, 0.2) is 0 Å². The molecule has 1 fully saturated rings. The second-order valence-electron chi connectivity index (χ2n) is 8.08. The van der Waals surface area contributed by atoms with Crippen LogP contribution in [0.15, 0.2) is 55.0 Å². The number of aromatic nitrogens is 3. The van der Waals surface area contributed by atoms with E-state index in [-0.39, 0.29) is 11.7 Å². The average Bonchev–Trinajstić information content (AvgIpc) is 2.76. The van der Waals surface area contributed by atoms with Crippen molar-refractivity contribution < 1.29 is 8.42 Å². The van der Waals surface area contributed by atoms with Crippen LogP contribution >= 0.6 is 0 Å². The molecule has 1 aromatic carbocycles. The van der Waals surface area contributed by atoms with E-state index in [2.05, 4.69) is 15.3 Å². The normalized spacial score (nSPS) is 17.4. The largest absolute Gasteiger partial charge is 0.339 e. The maximum atomic E-state index is 13.1. The molecule has 7 nitrogen and oxygen atoms in total. The number of anilines is 2. The van der Waals surface area contributed by atoms with E-state index in [1.807, 2.05) is 50.2 Å². The highest BCUT2D eigenvalue weighted by Crippen LogP contribution is 2.30. The van der Waals surface area contributed by atoms with Crippen LogP contribution in [0.3, 0.4) is 0 Å². The Bertz CT molecular complexity index is 1130. The summed E-state index contributed by atoms with van der Waals surface area (Å²) in [5, 5.41) is 3.26. The summed E-state index contributed by atoms with van der Waals surface area (Å²) in [7, 11) is -3.39. The van der Waals surface area contributed by atoms with Crippen LogP contribution in [0.1, 0.15) is 41.3 Å². The molecule has 0 aliphatic carbocycles. The molecule has 8 heteroatoms. The number of sulfonamides is 1. The van der Waals surface area contributed by atoms with Gasteiger partial charge in [-0.05, 0) is 44.4 Å². The third-order valence-electron chi connectivity index (χ3n) is 5.47. The molecule has 0 saturated carbocycles. The average molecular weight is 438 g/mol. The Kier molecular flexibility index (Phi) is 6.29. The Morgan fingerprint density at radius 1 is 1.13 bits per heavy atom. The molecule has 0 bridgehead atoms. The van der Waals surface area contributed by atoms with Crippen LogP contribution in [0, 0.1) is 13.8 Å². The Balaban J connectivity index is 1.51. The van der Waals surface area contributed by atoms with Crippen molar-refractivity contribution in [3.05, 3.63) is 77.5 Å². The zero-order chi connectivity index (χ0) is 21.8. The van der Waals surface area contributed by atoms with Crippen LogP contribution in [-0.4, -0.2) is 40.8 Å². The van der Waals surface area contributed by atoms with Crippen molar-refractivity contribution in [2.45, 2.75) is 38.4 Å². The number of rotatable bonds is 6. The Morgan fingerprint density at radius 2 is 1.94 bits per heavy atom. The summed E-state index contributed by atoms with van der Waals surface area (Å²) in [6, 6.07) is 11.6. The molecule has 4 rings (SSSR count). The second-order valence-corrected chi connectivity index (χ2v) is 10.0. The summed E-state index contributed by atoms with van der Waals surface area (Å²) in [6.07, 6.45) is 6.66. The van der Waals surface area contributed by atoms with Crippen LogP contribution < -0.4 is 5.32 Å². The monoisotopic (exact) mass is 437 g/mol. The van der Waals surface area contributed by atoms with Crippen molar-refractivity contribution in [3.63, 3.8) is 0 Å². The number of hydrogen-bond acceptors (Lipinski definition) is 6. The first-order valence-electron chi connectivity index (χ1n) is 10.4. The van der Waals surface area contributed by atoms with Crippen molar-refractivity contribution in [3.8, 4) is 0 Å². The van der Waals surface area contributed by atoms with Crippen LogP contribution in [0.25, 0.3) is 0 Å². The number of benzene rings is 1. The SMILES string of the molecule is Cc1ccc(CS(=O)(=O)N2CCC[C@@H](c3cc(Nc4cnccn4)cc(C)n3)C2)cc1. The molecule has 1 N–H and O–H groups in total. The fourth-order valence-electron chi connectivity index (χ4n) is 3.91. The smallest absolute Gasteiger partial charge is 0.218 e. The quantitative estimate of drug-likeness (QED) is 0.628. The van der Waals surface area contributed by atoms with Gasteiger partial charge in [0.05, 0.1) is 11.9 Å². The lowest BCUT2D eigenvalue weighted by atomic mass is 9.95. The topological polar surface area (TPSA) is 88.1 Å². The van der Waals surface area contributed by atoms with E-state index >= 15 is 0 Å². The third kappa shape index (κ3) is 5.45. The van der Waals surface area contributed by atoms with E-state index in [0.717, 1.165) is 41.0 Å². The molecular formula is C23H27N5O2S. The van der Waals surface area contributed by atoms with Gasteiger partial charge in [0.2, 0.25) is 10.0 Å². The molecule has 2 aromatic heterocycles. The summed E-state index contributed by atoms with van der Waals surface area (Å²) in [4.78, 5) is 13.0. The fourth-order valence-corrected chi connectivity index (χ4v) is 5.52. The van der Waals surface area contributed by atoms with Crippen molar-refractivity contribution in [2.24, 2.45) is 0 Å². The molecule has 3 aromatic rings. The summed E-state index contributed by atoms with van der Waals surface area (Å²) in [5.41, 5.74) is 4.60. The Morgan fingerprint density at radius 3 is 2.68 bits per heavy atom. The van der Waals surface area contributed by atoms with Gasteiger partial charge >= 0.3 is 0 Å². The summed E-state index contributed by atoms with van der Waals surface area (Å²) in [6.45, 7) is 4.95. The predicted molar refractivity (Wildman–Crippen MR) is 122 cm³/mol. The minimum Gasteiger partial charge on any atom is -0.339 e. The zero-order valence-corrected chi connectivity index (χ0v) is 18.6.